The van der Waals surface area contributed by atoms with Crippen LogP contribution >= 0.6 is 0 Å². The normalized spacial score (nSPS) is 10.6. The number of amides is 1. The number of carbonyl (C=O) groups excluding carboxylic acids is 1. The predicted molar refractivity (Wildman–Crippen MR) is 125 cm³/mol. The molecule has 7 nitrogen and oxygen atoms in total. The standard InChI is InChI=1S/C25H29N3O4/c1-5-15-28-20-12-9-8-11-19(20)27-23(28)13-7-6-10-14-26-25(29)18-16-21(30-2)24(32-4)22(17-18)31-3/h1,8-9,11-12,16-17H,6-7,10,13-15H2,2-4H3,(H,26,29). The van der Waals surface area contributed by atoms with Crippen LogP contribution in [0, 0.1) is 12.3 Å². The molecule has 1 aromatic heterocycles. The number of methoxy groups -OCH3 is 3. The van der Waals surface area contributed by atoms with E-state index in [1.165, 1.54) is 21.3 Å². The van der Waals surface area contributed by atoms with Gasteiger partial charge in [-0.15, -0.1) is 6.42 Å². The summed E-state index contributed by atoms with van der Waals surface area (Å²) in [6.07, 6.45) is 9.19. The topological polar surface area (TPSA) is 74.6 Å². The van der Waals surface area contributed by atoms with E-state index in [9.17, 15) is 4.79 Å². The molecule has 1 heterocycles. The Balaban J connectivity index is 1.50. The number of carbonyl (C=O) groups is 1. The molecule has 0 aliphatic carbocycles. The van der Waals surface area contributed by atoms with Gasteiger partial charge >= 0.3 is 0 Å². The van der Waals surface area contributed by atoms with Gasteiger partial charge in [0.05, 0.1) is 38.9 Å². The fourth-order valence-corrected chi connectivity index (χ4v) is 3.69. The van der Waals surface area contributed by atoms with Crippen molar-refractivity contribution in [1.29, 1.82) is 0 Å². The SMILES string of the molecule is C#CCn1c(CCCCCNC(=O)c2cc(OC)c(OC)c(OC)c2)nc2ccccc21. The van der Waals surface area contributed by atoms with Crippen molar-refractivity contribution in [2.45, 2.75) is 32.2 Å². The Morgan fingerprint density at radius 3 is 2.44 bits per heavy atom. The van der Waals surface area contributed by atoms with Gasteiger partial charge in [0, 0.05) is 18.5 Å². The van der Waals surface area contributed by atoms with Crippen LogP contribution < -0.4 is 19.5 Å². The number of fused-ring (bicyclic) bond motifs is 1. The molecule has 0 saturated heterocycles. The van der Waals surface area contributed by atoms with E-state index < -0.39 is 0 Å². The lowest BCUT2D eigenvalue weighted by Crippen LogP contribution is -2.24. The molecule has 3 aromatic rings. The summed E-state index contributed by atoms with van der Waals surface area (Å²) in [5.41, 5.74) is 2.50. The van der Waals surface area contributed by atoms with Crippen molar-refractivity contribution in [3.05, 3.63) is 47.8 Å². The first-order chi connectivity index (χ1) is 15.6. The van der Waals surface area contributed by atoms with Gasteiger partial charge in [0.15, 0.2) is 11.5 Å². The highest BCUT2D eigenvalue weighted by atomic mass is 16.5. The second kappa shape index (κ2) is 11.1. The third-order valence-corrected chi connectivity index (χ3v) is 5.27. The maximum atomic E-state index is 12.6. The quantitative estimate of drug-likeness (QED) is 0.366. The molecule has 0 bridgehead atoms. The number of nitrogens with zero attached hydrogens (tertiary/aromatic N) is 2. The van der Waals surface area contributed by atoms with Crippen LogP contribution in [0.5, 0.6) is 17.2 Å². The minimum Gasteiger partial charge on any atom is -0.493 e. The molecule has 2 aromatic carbocycles. The van der Waals surface area contributed by atoms with Crippen LogP contribution in [0.4, 0.5) is 0 Å². The first-order valence-electron chi connectivity index (χ1n) is 10.6. The fourth-order valence-electron chi connectivity index (χ4n) is 3.69. The molecule has 0 fully saturated rings. The number of nitrogens with one attached hydrogen (secondary N) is 1. The number of hydrogen-bond acceptors (Lipinski definition) is 5. The van der Waals surface area contributed by atoms with Crippen LogP contribution in [0.25, 0.3) is 11.0 Å². The molecule has 1 amide bonds. The van der Waals surface area contributed by atoms with Gasteiger partial charge in [-0.25, -0.2) is 4.98 Å². The van der Waals surface area contributed by atoms with E-state index in [2.05, 4.69) is 15.8 Å². The number of hydrogen-bond donors (Lipinski definition) is 1. The zero-order valence-corrected chi connectivity index (χ0v) is 18.8. The predicted octanol–water partition coefficient (Wildman–Crippen LogP) is 3.84. The Morgan fingerprint density at radius 2 is 1.78 bits per heavy atom. The van der Waals surface area contributed by atoms with Crippen LogP contribution in [0.1, 0.15) is 35.4 Å². The molecule has 0 aliphatic heterocycles. The number of unbranched alkanes of at least 4 members (excludes halogenated alkanes) is 2. The lowest BCUT2D eigenvalue weighted by Gasteiger charge is -2.14. The highest BCUT2D eigenvalue weighted by Crippen LogP contribution is 2.38. The molecule has 7 heteroatoms. The van der Waals surface area contributed by atoms with Gasteiger partial charge in [-0.3, -0.25) is 4.79 Å². The van der Waals surface area contributed by atoms with E-state index in [1.54, 1.807) is 12.1 Å². The molecule has 0 aliphatic rings. The van der Waals surface area contributed by atoms with Gasteiger partial charge < -0.3 is 24.1 Å². The molecule has 0 atom stereocenters. The molecule has 3 rings (SSSR count). The highest BCUT2D eigenvalue weighted by Gasteiger charge is 2.16. The number of rotatable bonds is 11. The second-order valence-corrected chi connectivity index (χ2v) is 7.29. The van der Waals surface area contributed by atoms with E-state index in [0.29, 0.717) is 35.9 Å². The molecule has 32 heavy (non-hydrogen) atoms. The van der Waals surface area contributed by atoms with Gasteiger partial charge in [-0.05, 0) is 37.1 Å². The number of ether oxygens (including phenoxy) is 3. The van der Waals surface area contributed by atoms with Crippen molar-refractivity contribution in [1.82, 2.24) is 14.9 Å². The molecular weight excluding hydrogens is 406 g/mol. The smallest absolute Gasteiger partial charge is 0.251 e. The lowest BCUT2D eigenvalue weighted by atomic mass is 10.1. The fraction of sp³-hybridized carbons (Fsp3) is 0.360. The number of terminal acetylenes is 1. The van der Waals surface area contributed by atoms with Crippen molar-refractivity contribution in [3.8, 4) is 29.6 Å². The van der Waals surface area contributed by atoms with Crippen LogP contribution in [-0.4, -0.2) is 43.3 Å². The number of para-hydroxylation sites is 2. The van der Waals surface area contributed by atoms with Gasteiger partial charge in [-0.1, -0.05) is 24.5 Å². The molecule has 0 spiro atoms. The van der Waals surface area contributed by atoms with Crippen LogP contribution in [-0.2, 0) is 13.0 Å². The van der Waals surface area contributed by atoms with Crippen LogP contribution in [0.15, 0.2) is 36.4 Å². The Bertz CT molecular complexity index is 1090. The molecule has 0 unspecified atom stereocenters. The van der Waals surface area contributed by atoms with Crippen LogP contribution in [0.2, 0.25) is 0 Å². The molecular formula is C25H29N3O4. The first kappa shape index (κ1) is 23.0. The summed E-state index contributed by atoms with van der Waals surface area (Å²) in [7, 11) is 4.58. The number of aromatic nitrogens is 2. The zero-order valence-electron chi connectivity index (χ0n) is 18.8. The molecule has 0 saturated carbocycles. The maximum absolute atomic E-state index is 12.6. The van der Waals surface area contributed by atoms with E-state index in [0.717, 1.165) is 42.5 Å². The Hall–Kier alpha value is -3.66. The third-order valence-electron chi connectivity index (χ3n) is 5.27. The Labute approximate surface area is 188 Å². The van der Waals surface area contributed by atoms with Gasteiger partial charge in [0.2, 0.25) is 5.75 Å². The summed E-state index contributed by atoms with van der Waals surface area (Å²) in [5, 5.41) is 2.95. The van der Waals surface area contributed by atoms with Gasteiger partial charge in [0.25, 0.3) is 5.91 Å². The van der Waals surface area contributed by atoms with Crippen molar-refractivity contribution in [2.75, 3.05) is 27.9 Å². The average molecular weight is 436 g/mol. The van der Waals surface area contributed by atoms with Crippen LogP contribution in [0.3, 0.4) is 0 Å². The number of benzene rings is 2. The van der Waals surface area contributed by atoms with E-state index in [4.69, 9.17) is 25.6 Å². The Morgan fingerprint density at radius 1 is 1.06 bits per heavy atom. The van der Waals surface area contributed by atoms with Crippen molar-refractivity contribution in [3.63, 3.8) is 0 Å². The van der Waals surface area contributed by atoms with Crippen molar-refractivity contribution < 1.29 is 19.0 Å². The molecule has 1 N–H and O–H groups in total. The summed E-state index contributed by atoms with van der Waals surface area (Å²) in [5.74, 6) is 4.90. The summed E-state index contributed by atoms with van der Waals surface area (Å²) in [6.45, 7) is 1.09. The van der Waals surface area contributed by atoms with E-state index >= 15 is 0 Å². The summed E-state index contributed by atoms with van der Waals surface area (Å²) in [6, 6.07) is 11.3. The lowest BCUT2D eigenvalue weighted by molar-refractivity contribution is 0.0952. The largest absolute Gasteiger partial charge is 0.493 e. The molecule has 168 valence electrons. The number of imidazole rings is 1. The molecule has 0 radical (unpaired) electrons. The second-order valence-electron chi connectivity index (χ2n) is 7.29. The maximum Gasteiger partial charge on any atom is 0.251 e. The number of aryl methyl sites for hydroxylation is 1. The van der Waals surface area contributed by atoms with Gasteiger partial charge in [0.1, 0.15) is 5.82 Å². The summed E-state index contributed by atoms with van der Waals surface area (Å²) >= 11 is 0. The minimum atomic E-state index is -0.180. The first-order valence-corrected chi connectivity index (χ1v) is 10.6. The summed E-state index contributed by atoms with van der Waals surface area (Å²) < 4.78 is 18.0. The minimum absolute atomic E-state index is 0.180. The summed E-state index contributed by atoms with van der Waals surface area (Å²) in [4.78, 5) is 17.3. The Kier molecular flexibility index (Phi) is 7.98. The zero-order chi connectivity index (χ0) is 22.9. The van der Waals surface area contributed by atoms with Crippen molar-refractivity contribution >= 4 is 16.9 Å². The van der Waals surface area contributed by atoms with E-state index in [-0.39, 0.29) is 5.91 Å². The van der Waals surface area contributed by atoms with Crippen molar-refractivity contribution in [2.24, 2.45) is 0 Å². The average Bonchev–Trinajstić information content (AvgIpc) is 3.17. The highest BCUT2D eigenvalue weighted by molar-refractivity contribution is 5.95. The third kappa shape index (κ3) is 5.14. The van der Waals surface area contributed by atoms with Gasteiger partial charge in [-0.2, -0.15) is 0 Å². The van der Waals surface area contributed by atoms with E-state index in [1.807, 2.05) is 24.3 Å². The monoisotopic (exact) mass is 435 g/mol.